The molecule has 0 saturated heterocycles. The minimum Gasteiger partial charge on any atom is -0.460 e. The van der Waals surface area contributed by atoms with E-state index in [0.717, 1.165) is 18.0 Å². The van der Waals surface area contributed by atoms with Gasteiger partial charge in [-0.3, -0.25) is 14.9 Å². The highest BCUT2D eigenvalue weighted by Crippen LogP contribution is 2.26. The largest absolute Gasteiger partial charge is 0.460 e. The van der Waals surface area contributed by atoms with Crippen molar-refractivity contribution >= 4 is 29.4 Å². The number of nitrogens with zero attached hydrogens (tertiary/aromatic N) is 3. The zero-order chi connectivity index (χ0) is 24.5. The maximum Gasteiger partial charge on any atom is 0.322 e. The molecule has 2 aromatic carbocycles. The van der Waals surface area contributed by atoms with Crippen molar-refractivity contribution in [1.29, 1.82) is 0 Å². The first-order valence-electron chi connectivity index (χ1n) is 10.1. The molecule has 0 radical (unpaired) electrons. The van der Waals surface area contributed by atoms with E-state index in [1.165, 1.54) is 23.1 Å². The number of halogens is 1. The van der Waals surface area contributed by atoms with E-state index >= 15 is 0 Å². The predicted octanol–water partition coefficient (Wildman–Crippen LogP) is 3.57. The molecule has 0 unspecified atom stereocenters. The Hall–Kier alpha value is -4.54. The fourth-order valence-corrected chi connectivity index (χ4v) is 2.58. The zero-order valence-electron chi connectivity index (χ0n) is 18.4. The average molecular weight is 467 g/mol. The summed E-state index contributed by atoms with van der Waals surface area (Å²) in [6.45, 7) is 0.0528. The summed E-state index contributed by atoms with van der Waals surface area (Å²) in [5.41, 5.74) is 0.928. The second kappa shape index (κ2) is 11.4. The van der Waals surface area contributed by atoms with Gasteiger partial charge in [-0.25, -0.2) is 19.2 Å². The molecule has 0 bridgehead atoms. The Balaban J connectivity index is 1.54. The molecule has 0 saturated carbocycles. The second-order valence-corrected chi connectivity index (χ2v) is 7.18. The number of hydrogen-bond acceptors (Lipinski definition) is 7. The Bertz CT molecular complexity index is 1170. The van der Waals surface area contributed by atoms with Gasteiger partial charge in [0.25, 0.3) is 0 Å². The molecule has 0 spiro atoms. The van der Waals surface area contributed by atoms with E-state index in [9.17, 15) is 18.8 Å². The van der Waals surface area contributed by atoms with Gasteiger partial charge in [0.2, 0.25) is 11.8 Å². The number of rotatable bonds is 8. The van der Waals surface area contributed by atoms with Crippen LogP contribution in [0.5, 0.6) is 11.6 Å². The van der Waals surface area contributed by atoms with Gasteiger partial charge in [-0.2, -0.15) is 0 Å². The maximum atomic E-state index is 14.5. The zero-order valence-corrected chi connectivity index (χ0v) is 18.4. The number of esters is 1. The van der Waals surface area contributed by atoms with Crippen molar-refractivity contribution in [1.82, 2.24) is 14.9 Å². The van der Waals surface area contributed by atoms with Gasteiger partial charge in [-0.1, -0.05) is 30.3 Å². The molecule has 0 aliphatic heterocycles. The van der Waals surface area contributed by atoms with Gasteiger partial charge in [0.15, 0.2) is 11.6 Å². The minimum absolute atomic E-state index is 0.000836. The lowest BCUT2D eigenvalue weighted by molar-refractivity contribution is -0.146. The van der Waals surface area contributed by atoms with E-state index in [-0.39, 0.29) is 29.7 Å². The Morgan fingerprint density at radius 1 is 1.00 bits per heavy atom. The van der Waals surface area contributed by atoms with Gasteiger partial charge in [0, 0.05) is 31.9 Å². The van der Waals surface area contributed by atoms with Gasteiger partial charge in [-0.05, 0) is 17.7 Å². The summed E-state index contributed by atoms with van der Waals surface area (Å²) in [5, 5.41) is 4.95. The molecular weight excluding hydrogens is 445 g/mol. The van der Waals surface area contributed by atoms with Crippen LogP contribution in [0.4, 0.5) is 20.7 Å². The molecule has 0 aliphatic rings. The number of aromatic nitrogens is 2. The first-order chi connectivity index (χ1) is 16.3. The average Bonchev–Trinajstić information content (AvgIpc) is 2.80. The lowest BCUT2D eigenvalue weighted by Crippen LogP contribution is -2.27. The van der Waals surface area contributed by atoms with Gasteiger partial charge in [0.1, 0.15) is 25.2 Å². The van der Waals surface area contributed by atoms with Crippen LogP contribution in [-0.2, 0) is 20.9 Å². The molecule has 34 heavy (non-hydrogen) atoms. The fourth-order valence-electron chi connectivity index (χ4n) is 2.58. The molecule has 0 atom stereocenters. The summed E-state index contributed by atoms with van der Waals surface area (Å²) in [6, 6.07) is 13.7. The molecule has 3 amide bonds. The smallest absolute Gasteiger partial charge is 0.322 e. The van der Waals surface area contributed by atoms with Crippen LogP contribution in [0.3, 0.4) is 0 Å². The van der Waals surface area contributed by atoms with Crippen LogP contribution in [0.1, 0.15) is 12.0 Å². The highest BCUT2D eigenvalue weighted by molar-refractivity contribution is 6.01. The predicted molar refractivity (Wildman–Crippen MR) is 121 cm³/mol. The molecule has 1 heterocycles. The molecule has 3 aromatic rings. The van der Waals surface area contributed by atoms with Crippen molar-refractivity contribution in [3.8, 4) is 11.6 Å². The van der Waals surface area contributed by atoms with Crippen LogP contribution in [0, 0.1) is 5.82 Å². The molecule has 0 fully saturated rings. The molecular formula is C23H22FN5O5. The van der Waals surface area contributed by atoms with E-state index in [0.29, 0.717) is 0 Å². The molecule has 11 heteroatoms. The molecule has 3 rings (SSSR count). The van der Waals surface area contributed by atoms with Crippen LogP contribution < -0.4 is 15.4 Å². The second-order valence-electron chi connectivity index (χ2n) is 7.18. The molecule has 10 nitrogen and oxygen atoms in total. The highest BCUT2D eigenvalue weighted by atomic mass is 19.1. The van der Waals surface area contributed by atoms with Crippen LogP contribution in [-0.4, -0.2) is 46.9 Å². The number of benzene rings is 2. The topological polar surface area (TPSA) is 123 Å². The van der Waals surface area contributed by atoms with Crippen molar-refractivity contribution in [2.24, 2.45) is 0 Å². The standard InChI is InChI=1S/C23H22FN5O5/c1-29(2)23(32)28-19-11-21(26-14-25-19)34-18-9-8-16(10-17(18)24)27-20(30)12-22(31)33-13-15-6-4-3-5-7-15/h3-11,14H,12-13H2,1-2H3,(H,27,30)(H,25,26,28,32). The van der Waals surface area contributed by atoms with Crippen LogP contribution in [0.15, 0.2) is 60.9 Å². The number of amides is 3. The third kappa shape index (κ3) is 7.26. The van der Waals surface area contributed by atoms with Gasteiger partial charge in [0.05, 0.1) is 0 Å². The van der Waals surface area contributed by atoms with Crippen molar-refractivity contribution in [3.05, 3.63) is 72.3 Å². The quantitative estimate of drug-likeness (QED) is 0.383. The summed E-state index contributed by atoms with van der Waals surface area (Å²) in [4.78, 5) is 44.7. The number of nitrogens with one attached hydrogen (secondary N) is 2. The number of carbonyl (C=O) groups is 3. The van der Waals surface area contributed by atoms with Crippen molar-refractivity contribution < 1.29 is 28.2 Å². The maximum absolute atomic E-state index is 14.5. The van der Waals surface area contributed by atoms with Crippen LogP contribution >= 0.6 is 0 Å². The van der Waals surface area contributed by atoms with Gasteiger partial charge < -0.3 is 19.7 Å². The highest BCUT2D eigenvalue weighted by Gasteiger charge is 2.14. The van der Waals surface area contributed by atoms with E-state index < -0.39 is 30.1 Å². The van der Waals surface area contributed by atoms with E-state index in [2.05, 4.69) is 20.6 Å². The molecule has 2 N–H and O–H groups in total. The lowest BCUT2D eigenvalue weighted by atomic mass is 10.2. The summed E-state index contributed by atoms with van der Waals surface area (Å²) in [5.74, 6) is -2.12. The Kier molecular flexibility index (Phi) is 8.06. The summed E-state index contributed by atoms with van der Waals surface area (Å²) in [6.07, 6.45) is 0.638. The molecule has 1 aromatic heterocycles. The van der Waals surface area contributed by atoms with Crippen molar-refractivity contribution in [2.75, 3.05) is 24.7 Å². The Morgan fingerprint density at radius 2 is 1.76 bits per heavy atom. The molecule has 0 aliphatic carbocycles. The third-order valence-corrected chi connectivity index (χ3v) is 4.26. The fraction of sp³-hybridized carbons (Fsp3) is 0.174. The number of carbonyl (C=O) groups excluding carboxylic acids is 3. The normalized spacial score (nSPS) is 10.2. The lowest BCUT2D eigenvalue weighted by Gasteiger charge is -2.12. The van der Waals surface area contributed by atoms with Gasteiger partial charge in [-0.15, -0.1) is 0 Å². The first kappa shape index (κ1) is 24.1. The summed E-state index contributed by atoms with van der Waals surface area (Å²) >= 11 is 0. The SMILES string of the molecule is CN(C)C(=O)Nc1cc(Oc2ccc(NC(=O)CC(=O)OCc3ccccc3)cc2F)ncn1. The van der Waals surface area contributed by atoms with Crippen LogP contribution in [0.25, 0.3) is 0 Å². The molecule has 176 valence electrons. The van der Waals surface area contributed by atoms with Gasteiger partial charge >= 0.3 is 12.0 Å². The third-order valence-electron chi connectivity index (χ3n) is 4.26. The van der Waals surface area contributed by atoms with E-state index in [1.807, 2.05) is 18.2 Å². The first-order valence-corrected chi connectivity index (χ1v) is 10.1. The Morgan fingerprint density at radius 3 is 2.47 bits per heavy atom. The van der Waals surface area contributed by atoms with Crippen LogP contribution in [0.2, 0.25) is 0 Å². The van der Waals surface area contributed by atoms with E-state index in [1.54, 1.807) is 26.2 Å². The number of hydrogen-bond donors (Lipinski definition) is 2. The summed E-state index contributed by atoms with van der Waals surface area (Å²) in [7, 11) is 3.13. The number of anilines is 2. The number of ether oxygens (including phenoxy) is 2. The minimum atomic E-state index is -0.776. The van der Waals surface area contributed by atoms with Crippen molar-refractivity contribution in [2.45, 2.75) is 13.0 Å². The Labute approximate surface area is 194 Å². The van der Waals surface area contributed by atoms with E-state index in [4.69, 9.17) is 9.47 Å². The number of urea groups is 1. The monoisotopic (exact) mass is 467 g/mol. The van der Waals surface area contributed by atoms with Crippen molar-refractivity contribution in [3.63, 3.8) is 0 Å². The summed E-state index contributed by atoms with van der Waals surface area (Å²) < 4.78 is 25.0.